The first-order valence-corrected chi connectivity index (χ1v) is 9.09. The van der Waals surface area contributed by atoms with Crippen LogP contribution in [-0.4, -0.2) is 38.3 Å². The van der Waals surface area contributed by atoms with Gasteiger partial charge in [-0.25, -0.2) is 12.7 Å². The monoisotopic (exact) mass is 342 g/mol. The van der Waals surface area contributed by atoms with E-state index in [2.05, 4.69) is 0 Å². The molecule has 0 unspecified atom stereocenters. The minimum absolute atomic E-state index is 0.00491. The van der Waals surface area contributed by atoms with Crippen molar-refractivity contribution < 1.29 is 18.1 Å². The van der Waals surface area contributed by atoms with Crippen molar-refractivity contribution in [1.29, 1.82) is 0 Å². The molecule has 0 atom stereocenters. The second-order valence-electron chi connectivity index (χ2n) is 5.88. The van der Waals surface area contributed by atoms with Gasteiger partial charge in [-0.2, -0.15) is 0 Å². The minimum atomic E-state index is -3.74. The number of hydrogen-bond acceptors (Lipinski definition) is 5. The van der Waals surface area contributed by atoms with E-state index in [1.54, 1.807) is 7.05 Å². The molecule has 0 spiro atoms. The van der Waals surface area contributed by atoms with Crippen molar-refractivity contribution in [2.24, 2.45) is 5.92 Å². The third kappa shape index (κ3) is 4.00. The zero-order chi connectivity index (χ0) is 17.0. The molecule has 8 heteroatoms. The molecule has 128 valence electrons. The normalized spacial score (nSPS) is 16.5. The molecule has 7 nitrogen and oxygen atoms in total. The molecule has 23 heavy (non-hydrogen) atoms. The fraction of sp³-hybridized carbons (Fsp3) is 0.600. The average Bonchev–Trinajstić information content (AvgIpc) is 2.54. The maximum absolute atomic E-state index is 12.7. The molecule has 1 fully saturated rings. The molecule has 0 N–H and O–H groups in total. The zero-order valence-electron chi connectivity index (χ0n) is 13.4. The Balaban J connectivity index is 2.25. The Morgan fingerprint density at radius 2 is 1.96 bits per heavy atom. The van der Waals surface area contributed by atoms with E-state index >= 15 is 0 Å². The average molecular weight is 342 g/mol. The van der Waals surface area contributed by atoms with Gasteiger partial charge in [0.2, 0.25) is 10.0 Å². The molecule has 1 aliphatic rings. The van der Waals surface area contributed by atoms with Crippen LogP contribution in [0.1, 0.15) is 32.1 Å². The third-order valence-corrected chi connectivity index (χ3v) is 6.15. The van der Waals surface area contributed by atoms with E-state index in [4.69, 9.17) is 4.74 Å². The Labute approximate surface area is 136 Å². The van der Waals surface area contributed by atoms with Crippen molar-refractivity contribution in [1.82, 2.24) is 4.31 Å². The quantitative estimate of drug-likeness (QED) is 0.586. The molecule has 1 aliphatic carbocycles. The molecule has 2 rings (SSSR count). The van der Waals surface area contributed by atoms with Crippen LogP contribution in [0.5, 0.6) is 5.75 Å². The van der Waals surface area contributed by atoms with Gasteiger partial charge in [0.1, 0.15) is 10.6 Å². The van der Waals surface area contributed by atoms with Crippen molar-refractivity contribution >= 4 is 15.7 Å². The Morgan fingerprint density at radius 3 is 2.52 bits per heavy atom. The second kappa shape index (κ2) is 7.27. The summed E-state index contributed by atoms with van der Waals surface area (Å²) < 4.78 is 31.9. The lowest BCUT2D eigenvalue weighted by Gasteiger charge is -2.27. The van der Waals surface area contributed by atoms with Gasteiger partial charge in [0.25, 0.3) is 5.69 Å². The summed E-state index contributed by atoms with van der Waals surface area (Å²) in [7, 11) is -0.887. The van der Waals surface area contributed by atoms with E-state index in [1.165, 1.54) is 30.0 Å². The standard InChI is InChI=1S/C15H22N2O5S/c1-16(11-12-6-4-3-5-7-12)23(20,21)15-9-8-13(17(18)19)10-14(15)22-2/h8-10,12H,3-7,11H2,1-2H3. The van der Waals surface area contributed by atoms with Crippen LogP contribution in [0.25, 0.3) is 0 Å². The van der Waals surface area contributed by atoms with Gasteiger partial charge in [-0.05, 0) is 24.8 Å². The Bertz CT molecular complexity index is 668. The van der Waals surface area contributed by atoms with Gasteiger partial charge in [-0.1, -0.05) is 19.3 Å². The zero-order valence-corrected chi connectivity index (χ0v) is 14.2. The molecule has 0 saturated heterocycles. The van der Waals surface area contributed by atoms with Crippen molar-refractivity contribution in [3.8, 4) is 5.75 Å². The molecule has 0 aromatic heterocycles. The number of methoxy groups -OCH3 is 1. The molecule has 0 radical (unpaired) electrons. The number of benzene rings is 1. The van der Waals surface area contributed by atoms with Crippen LogP contribution in [-0.2, 0) is 10.0 Å². The van der Waals surface area contributed by atoms with Crippen LogP contribution in [0.3, 0.4) is 0 Å². The van der Waals surface area contributed by atoms with Gasteiger partial charge >= 0.3 is 0 Å². The van der Waals surface area contributed by atoms with Crippen LogP contribution in [0.2, 0.25) is 0 Å². The summed E-state index contributed by atoms with van der Waals surface area (Å²) in [5.74, 6) is 0.363. The molecule has 0 heterocycles. The number of hydrogen-bond donors (Lipinski definition) is 0. The number of nitro benzene ring substituents is 1. The van der Waals surface area contributed by atoms with Crippen LogP contribution >= 0.6 is 0 Å². The first-order valence-electron chi connectivity index (χ1n) is 7.65. The van der Waals surface area contributed by atoms with Gasteiger partial charge in [0.15, 0.2) is 0 Å². The summed E-state index contributed by atoms with van der Waals surface area (Å²) >= 11 is 0. The molecular formula is C15H22N2O5S. The number of sulfonamides is 1. The lowest BCUT2D eigenvalue weighted by molar-refractivity contribution is -0.385. The first-order chi connectivity index (χ1) is 10.9. The van der Waals surface area contributed by atoms with Gasteiger partial charge < -0.3 is 4.74 Å². The van der Waals surface area contributed by atoms with Crippen molar-refractivity contribution in [2.75, 3.05) is 20.7 Å². The van der Waals surface area contributed by atoms with Gasteiger partial charge in [0.05, 0.1) is 18.1 Å². The summed E-state index contributed by atoms with van der Waals surface area (Å²) in [6.07, 6.45) is 5.57. The Hall–Kier alpha value is -1.67. The highest BCUT2D eigenvalue weighted by atomic mass is 32.2. The smallest absolute Gasteiger partial charge is 0.273 e. The fourth-order valence-corrected chi connectivity index (χ4v) is 4.36. The van der Waals surface area contributed by atoms with Crippen LogP contribution in [0, 0.1) is 16.0 Å². The van der Waals surface area contributed by atoms with Crippen molar-refractivity contribution in [3.05, 3.63) is 28.3 Å². The number of nitrogens with zero attached hydrogens (tertiary/aromatic N) is 2. The summed E-state index contributed by atoms with van der Waals surface area (Å²) in [5, 5.41) is 10.8. The molecule has 1 aromatic carbocycles. The van der Waals surface area contributed by atoms with E-state index in [1.807, 2.05) is 0 Å². The van der Waals surface area contributed by atoms with Gasteiger partial charge in [-0.3, -0.25) is 10.1 Å². The molecule has 0 aliphatic heterocycles. The number of nitro groups is 1. The highest BCUT2D eigenvalue weighted by Crippen LogP contribution is 2.31. The predicted molar refractivity (Wildman–Crippen MR) is 86.0 cm³/mol. The lowest BCUT2D eigenvalue weighted by atomic mass is 9.89. The fourth-order valence-electron chi connectivity index (χ4n) is 2.98. The number of rotatable bonds is 6. The SMILES string of the molecule is COc1cc([N+](=O)[O-])ccc1S(=O)(=O)N(C)CC1CCCCC1. The minimum Gasteiger partial charge on any atom is -0.495 e. The van der Waals surface area contributed by atoms with E-state index in [-0.39, 0.29) is 16.3 Å². The summed E-state index contributed by atoms with van der Waals surface area (Å²) in [6, 6.07) is 3.56. The van der Waals surface area contributed by atoms with E-state index in [0.29, 0.717) is 12.5 Å². The first kappa shape index (κ1) is 17.7. The molecule has 0 amide bonds. The Morgan fingerprint density at radius 1 is 1.30 bits per heavy atom. The van der Waals surface area contributed by atoms with Crippen LogP contribution < -0.4 is 4.74 Å². The highest BCUT2D eigenvalue weighted by molar-refractivity contribution is 7.89. The molecular weight excluding hydrogens is 320 g/mol. The van der Waals surface area contributed by atoms with Crippen molar-refractivity contribution in [2.45, 2.75) is 37.0 Å². The van der Waals surface area contributed by atoms with Gasteiger partial charge in [0, 0.05) is 19.7 Å². The van der Waals surface area contributed by atoms with Crippen LogP contribution in [0.15, 0.2) is 23.1 Å². The van der Waals surface area contributed by atoms with E-state index in [9.17, 15) is 18.5 Å². The van der Waals surface area contributed by atoms with Crippen molar-refractivity contribution in [3.63, 3.8) is 0 Å². The van der Waals surface area contributed by atoms with Gasteiger partial charge in [-0.15, -0.1) is 0 Å². The maximum Gasteiger partial charge on any atom is 0.273 e. The highest BCUT2D eigenvalue weighted by Gasteiger charge is 2.28. The molecule has 1 aromatic rings. The van der Waals surface area contributed by atoms with E-state index < -0.39 is 14.9 Å². The maximum atomic E-state index is 12.7. The number of ether oxygens (including phenoxy) is 1. The van der Waals surface area contributed by atoms with E-state index in [0.717, 1.165) is 31.7 Å². The summed E-state index contributed by atoms with van der Waals surface area (Å²) in [4.78, 5) is 10.2. The summed E-state index contributed by atoms with van der Waals surface area (Å²) in [5.41, 5.74) is -0.198. The molecule has 0 bridgehead atoms. The summed E-state index contributed by atoms with van der Waals surface area (Å²) in [6.45, 7) is 0.461. The predicted octanol–water partition coefficient (Wildman–Crippen LogP) is 2.80. The largest absolute Gasteiger partial charge is 0.495 e. The second-order valence-corrected chi connectivity index (χ2v) is 7.90. The van der Waals surface area contributed by atoms with Crippen LogP contribution in [0.4, 0.5) is 5.69 Å². The molecule has 1 saturated carbocycles. The number of non-ortho nitro benzene ring substituents is 1. The third-order valence-electron chi connectivity index (χ3n) is 4.29. The Kier molecular flexibility index (Phi) is 5.59. The lowest BCUT2D eigenvalue weighted by Crippen LogP contribution is -2.33. The topological polar surface area (TPSA) is 89.7 Å².